The van der Waals surface area contributed by atoms with Crippen molar-refractivity contribution in [1.29, 1.82) is 0 Å². The fourth-order valence-electron chi connectivity index (χ4n) is 2.80. The van der Waals surface area contributed by atoms with E-state index in [1.165, 1.54) is 36.8 Å². The van der Waals surface area contributed by atoms with E-state index in [2.05, 4.69) is 22.8 Å². The van der Waals surface area contributed by atoms with Gasteiger partial charge in [-0.3, -0.25) is 4.79 Å². The first kappa shape index (κ1) is 12.7. The van der Waals surface area contributed by atoms with E-state index >= 15 is 0 Å². The number of rotatable bonds is 5. The van der Waals surface area contributed by atoms with Gasteiger partial charge in [0.1, 0.15) is 0 Å². The lowest BCUT2D eigenvalue weighted by atomic mass is 9.90. The number of anilines is 1. The highest BCUT2D eigenvalue weighted by atomic mass is 16.1. The van der Waals surface area contributed by atoms with Crippen LogP contribution in [0, 0.1) is 5.92 Å². The van der Waals surface area contributed by atoms with Gasteiger partial charge in [0.25, 0.3) is 0 Å². The summed E-state index contributed by atoms with van der Waals surface area (Å²) in [5.41, 5.74) is 3.79. The third kappa shape index (κ3) is 3.35. The summed E-state index contributed by atoms with van der Waals surface area (Å²) in [4.78, 5) is 11.9. The van der Waals surface area contributed by atoms with Crippen molar-refractivity contribution in [3.63, 3.8) is 0 Å². The normalized spacial score (nSPS) is 17.9. The molecule has 1 aromatic rings. The number of carbonyl (C=O) groups is 1. The molecule has 1 saturated carbocycles. The standard InChI is InChI=1S/C16H22N2O/c19-16(11-17-10-12-8-9-12)18-15-7-3-5-13-4-1-2-6-14(13)15/h3,5,7,12,17H,1-2,4,6,8-11H2,(H,18,19). The van der Waals surface area contributed by atoms with Crippen LogP contribution in [-0.4, -0.2) is 19.0 Å². The van der Waals surface area contributed by atoms with Gasteiger partial charge in [-0.1, -0.05) is 12.1 Å². The minimum atomic E-state index is 0.0830. The van der Waals surface area contributed by atoms with Crippen LogP contribution in [-0.2, 0) is 17.6 Å². The molecule has 1 aromatic carbocycles. The number of hydrogen-bond donors (Lipinski definition) is 2. The number of benzene rings is 1. The number of aryl methyl sites for hydroxylation is 1. The number of amides is 1. The van der Waals surface area contributed by atoms with Gasteiger partial charge in [0.15, 0.2) is 0 Å². The maximum Gasteiger partial charge on any atom is 0.238 e. The van der Waals surface area contributed by atoms with Gasteiger partial charge < -0.3 is 10.6 Å². The molecule has 3 rings (SSSR count). The zero-order chi connectivity index (χ0) is 13.1. The smallest absolute Gasteiger partial charge is 0.238 e. The molecule has 3 nitrogen and oxygen atoms in total. The van der Waals surface area contributed by atoms with Crippen molar-refractivity contribution in [2.24, 2.45) is 5.92 Å². The molecule has 1 fully saturated rings. The average molecular weight is 258 g/mol. The van der Waals surface area contributed by atoms with E-state index < -0.39 is 0 Å². The topological polar surface area (TPSA) is 41.1 Å². The zero-order valence-corrected chi connectivity index (χ0v) is 11.4. The Kier molecular flexibility index (Phi) is 3.83. The lowest BCUT2D eigenvalue weighted by Crippen LogP contribution is -2.30. The van der Waals surface area contributed by atoms with Crippen molar-refractivity contribution in [3.8, 4) is 0 Å². The molecule has 2 aliphatic rings. The first-order valence-electron chi connectivity index (χ1n) is 7.44. The molecule has 0 unspecified atom stereocenters. The summed E-state index contributed by atoms with van der Waals surface area (Å²) in [5, 5.41) is 6.30. The minimum absolute atomic E-state index is 0.0830. The third-order valence-corrected chi connectivity index (χ3v) is 4.09. The number of fused-ring (bicyclic) bond motifs is 1. The Balaban J connectivity index is 1.57. The predicted octanol–water partition coefficient (Wildman–Crippen LogP) is 2.50. The van der Waals surface area contributed by atoms with Gasteiger partial charge in [-0.2, -0.15) is 0 Å². The highest BCUT2D eigenvalue weighted by Gasteiger charge is 2.20. The molecule has 102 valence electrons. The summed E-state index contributed by atoms with van der Waals surface area (Å²) in [6, 6.07) is 6.27. The Morgan fingerprint density at radius 1 is 1.21 bits per heavy atom. The van der Waals surface area contributed by atoms with E-state index in [1.807, 2.05) is 6.07 Å². The van der Waals surface area contributed by atoms with Crippen LogP contribution in [0.2, 0.25) is 0 Å². The molecule has 0 aliphatic heterocycles. The van der Waals surface area contributed by atoms with Gasteiger partial charge in [-0.15, -0.1) is 0 Å². The Morgan fingerprint density at radius 3 is 2.89 bits per heavy atom. The second-order valence-corrected chi connectivity index (χ2v) is 5.77. The number of nitrogens with one attached hydrogen (secondary N) is 2. The molecule has 2 aliphatic carbocycles. The lowest BCUT2D eigenvalue weighted by Gasteiger charge is -2.19. The summed E-state index contributed by atoms with van der Waals surface area (Å²) in [5.74, 6) is 0.900. The summed E-state index contributed by atoms with van der Waals surface area (Å²) in [6.07, 6.45) is 7.40. The minimum Gasteiger partial charge on any atom is -0.325 e. The highest BCUT2D eigenvalue weighted by molar-refractivity contribution is 5.93. The summed E-state index contributed by atoms with van der Waals surface area (Å²) >= 11 is 0. The number of carbonyl (C=O) groups excluding carboxylic acids is 1. The van der Waals surface area contributed by atoms with Crippen molar-refractivity contribution in [1.82, 2.24) is 5.32 Å². The monoisotopic (exact) mass is 258 g/mol. The van der Waals surface area contributed by atoms with Gasteiger partial charge in [-0.25, -0.2) is 0 Å². The van der Waals surface area contributed by atoms with Crippen LogP contribution in [0.15, 0.2) is 18.2 Å². The second-order valence-electron chi connectivity index (χ2n) is 5.77. The van der Waals surface area contributed by atoms with E-state index in [-0.39, 0.29) is 5.91 Å². The van der Waals surface area contributed by atoms with Crippen LogP contribution in [0.3, 0.4) is 0 Å². The average Bonchev–Trinajstić information content (AvgIpc) is 3.23. The third-order valence-electron chi connectivity index (χ3n) is 4.09. The predicted molar refractivity (Wildman–Crippen MR) is 77.3 cm³/mol. The van der Waals surface area contributed by atoms with Crippen molar-refractivity contribution in [2.75, 3.05) is 18.4 Å². The zero-order valence-electron chi connectivity index (χ0n) is 11.4. The first-order chi connectivity index (χ1) is 9.33. The molecule has 0 bridgehead atoms. The SMILES string of the molecule is O=C(CNCC1CC1)Nc1cccc2c1CCCC2. The molecule has 0 radical (unpaired) electrons. The summed E-state index contributed by atoms with van der Waals surface area (Å²) in [7, 11) is 0. The Morgan fingerprint density at radius 2 is 2.05 bits per heavy atom. The molecule has 0 aromatic heterocycles. The molecule has 3 heteroatoms. The van der Waals surface area contributed by atoms with Gasteiger partial charge in [0.05, 0.1) is 6.54 Å². The van der Waals surface area contributed by atoms with Crippen molar-refractivity contribution in [3.05, 3.63) is 29.3 Å². The molecular formula is C16H22N2O. The van der Waals surface area contributed by atoms with Crippen LogP contribution in [0.4, 0.5) is 5.69 Å². The highest BCUT2D eigenvalue weighted by Crippen LogP contribution is 2.28. The molecule has 2 N–H and O–H groups in total. The van der Waals surface area contributed by atoms with Crippen molar-refractivity contribution >= 4 is 11.6 Å². The largest absolute Gasteiger partial charge is 0.325 e. The first-order valence-corrected chi connectivity index (χ1v) is 7.44. The molecule has 19 heavy (non-hydrogen) atoms. The second kappa shape index (κ2) is 5.74. The van der Waals surface area contributed by atoms with Gasteiger partial charge in [0.2, 0.25) is 5.91 Å². The van der Waals surface area contributed by atoms with E-state index in [0.717, 1.165) is 31.0 Å². The summed E-state index contributed by atoms with van der Waals surface area (Å²) < 4.78 is 0. The van der Waals surface area contributed by atoms with E-state index in [9.17, 15) is 4.79 Å². The van der Waals surface area contributed by atoms with Crippen LogP contribution in [0.1, 0.15) is 36.8 Å². The fourth-order valence-corrected chi connectivity index (χ4v) is 2.80. The maximum absolute atomic E-state index is 11.9. The molecule has 0 saturated heterocycles. The molecule has 0 heterocycles. The van der Waals surface area contributed by atoms with Gasteiger partial charge in [0, 0.05) is 5.69 Å². The van der Waals surface area contributed by atoms with Crippen LogP contribution >= 0.6 is 0 Å². The van der Waals surface area contributed by atoms with E-state index in [4.69, 9.17) is 0 Å². The molecular weight excluding hydrogens is 236 g/mol. The van der Waals surface area contributed by atoms with Gasteiger partial charge in [-0.05, 0) is 68.2 Å². The Bertz CT molecular complexity index is 466. The van der Waals surface area contributed by atoms with E-state index in [1.54, 1.807) is 0 Å². The number of hydrogen-bond acceptors (Lipinski definition) is 2. The Labute approximate surface area is 114 Å². The Hall–Kier alpha value is -1.35. The van der Waals surface area contributed by atoms with Crippen LogP contribution in [0.25, 0.3) is 0 Å². The van der Waals surface area contributed by atoms with Crippen molar-refractivity contribution < 1.29 is 4.79 Å². The molecule has 0 spiro atoms. The molecule has 1 amide bonds. The molecule has 0 atom stereocenters. The van der Waals surface area contributed by atoms with E-state index in [0.29, 0.717) is 6.54 Å². The fraction of sp³-hybridized carbons (Fsp3) is 0.562. The van der Waals surface area contributed by atoms with Crippen molar-refractivity contribution in [2.45, 2.75) is 38.5 Å². The van der Waals surface area contributed by atoms with Gasteiger partial charge >= 0.3 is 0 Å². The summed E-state index contributed by atoms with van der Waals surface area (Å²) in [6.45, 7) is 1.42. The maximum atomic E-state index is 11.9. The van der Waals surface area contributed by atoms with Crippen LogP contribution in [0.5, 0.6) is 0 Å². The quantitative estimate of drug-likeness (QED) is 0.852. The lowest BCUT2D eigenvalue weighted by molar-refractivity contribution is -0.115. The van der Waals surface area contributed by atoms with Crippen LogP contribution < -0.4 is 10.6 Å².